The zero-order valence-corrected chi connectivity index (χ0v) is 16.4. The summed E-state index contributed by atoms with van der Waals surface area (Å²) in [5.74, 6) is 1.41. The van der Waals surface area contributed by atoms with E-state index in [1.807, 2.05) is 6.92 Å². The van der Waals surface area contributed by atoms with Crippen LogP contribution in [0.1, 0.15) is 16.1 Å². The Labute approximate surface area is 167 Å². The number of hydrogen-bond acceptors (Lipinski definition) is 6. The topological polar surface area (TPSA) is 85.4 Å². The summed E-state index contributed by atoms with van der Waals surface area (Å²) in [4.78, 5) is 12.4. The highest BCUT2D eigenvalue weighted by Crippen LogP contribution is 2.30. The van der Waals surface area contributed by atoms with E-state index in [-0.39, 0.29) is 11.6 Å². The number of nitrogens with one attached hydrogen (secondary N) is 2. The van der Waals surface area contributed by atoms with Crippen LogP contribution in [-0.2, 0) is 0 Å². The van der Waals surface area contributed by atoms with Crippen LogP contribution >= 0.6 is 11.6 Å². The third kappa shape index (κ3) is 4.50. The number of aryl methyl sites for hydroxylation is 1. The van der Waals surface area contributed by atoms with Gasteiger partial charge in [0.05, 0.1) is 19.9 Å². The Morgan fingerprint density at radius 3 is 2.43 bits per heavy atom. The lowest BCUT2D eigenvalue weighted by molar-refractivity contribution is 0.102. The maximum atomic E-state index is 12.4. The zero-order valence-electron chi connectivity index (χ0n) is 15.6. The summed E-state index contributed by atoms with van der Waals surface area (Å²) in [5, 5.41) is 14.6. The second-order valence-electron chi connectivity index (χ2n) is 5.91. The van der Waals surface area contributed by atoms with E-state index >= 15 is 0 Å². The number of hydrogen-bond donors (Lipinski definition) is 2. The van der Waals surface area contributed by atoms with Crippen molar-refractivity contribution in [1.82, 2.24) is 10.2 Å². The Morgan fingerprint density at radius 1 is 0.964 bits per heavy atom. The van der Waals surface area contributed by atoms with Crippen molar-refractivity contribution in [2.75, 3.05) is 24.9 Å². The first-order valence-electron chi connectivity index (χ1n) is 8.40. The normalized spacial score (nSPS) is 10.3. The second-order valence-corrected chi connectivity index (χ2v) is 6.34. The number of nitrogens with zero attached hydrogens (tertiary/aromatic N) is 2. The third-order valence-corrected chi connectivity index (χ3v) is 4.24. The number of rotatable bonds is 6. The van der Waals surface area contributed by atoms with Crippen molar-refractivity contribution < 1.29 is 14.3 Å². The van der Waals surface area contributed by atoms with Crippen molar-refractivity contribution in [2.45, 2.75) is 6.92 Å². The first-order chi connectivity index (χ1) is 13.5. The van der Waals surface area contributed by atoms with Crippen LogP contribution in [0, 0.1) is 6.92 Å². The Morgan fingerprint density at radius 2 is 1.79 bits per heavy atom. The molecule has 8 heteroatoms. The van der Waals surface area contributed by atoms with E-state index in [0.717, 1.165) is 5.56 Å². The molecule has 0 unspecified atom stereocenters. The number of aromatic nitrogens is 2. The summed E-state index contributed by atoms with van der Waals surface area (Å²) >= 11 is 5.94. The van der Waals surface area contributed by atoms with Crippen molar-refractivity contribution in [2.24, 2.45) is 0 Å². The molecule has 0 aliphatic carbocycles. The third-order valence-electron chi connectivity index (χ3n) is 4.00. The molecule has 1 amide bonds. The molecule has 0 radical (unpaired) electrons. The summed E-state index contributed by atoms with van der Waals surface area (Å²) in [6.07, 6.45) is 0. The highest BCUT2D eigenvalue weighted by atomic mass is 35.5. The lowest BCUT2D eigenvalue weighted by atomic mass is 10.2. The van der Waals surface area contributed by atoms with Crippen LogP contribution in [0.3, 0.4) is 0 Å². The number of carbonyl (C=O) groups excluding carboxylic acids is 1. The van der Waals surface area contributed by atoms with E-state index in [2.05, 4.69) is 20.8 Å². The number of benzene rings is 2. The molecule has 7 nitrogen and oxygen atoms in total. The molecule has 2 aromatic carbocycles. The molecule has 0 saturated heterocycles. The van der Waals surface area contributed by atoms with Gasteiger partial charge in [0.15, 0.2) is 11.5 Å². The van der Waals surface area contributed by atoms with E-state index in [1.54, 1.807) is 62.8 Å². The van der Waals surface area contributed by atoms with Crippen LogP contribution in [0.2, 0.25) is 5.02 Å². The van der Waals surface area contributed by atoms with Gasteiger partial charge >= 0.3 is 0 Å². The van der Waals surface area contributed by atoms with E-state index in [9.17, 15) is 4.79 Å². The number of amides is 1. The van der Waals surface area contributed by atoms with Crippen molar-refractivity contribution >= 4 is 34.7 Å². The maximum absolute atomic E-state index is 12.4. The van der Waals surface area contributed by atoms with Gasteiger partial charge in [-0.25, -0.2) is 0 Å². The molecule has 0 fully saturated rings. The molecule has 0 spiro atoms. The van der Waals surface area contributed by atoms with E-state index in [4.69, 9.17) is 21.1 Å². The predicted molar refractivity (Wildman–Crippen MR) is 109 cm³/mol. The molecule has 0 atom stereocenters. The van der Waals surface area contributed by atoms with E-state index in [0.29, 0.717) is 33.7 Å². The molecule has 1 aromatic heterocycles. The van der Waals surface area contributed by atoms with Gasteiger partial charge in [0.25, 0.3) is 5.91 Å². The average Bonchev–Trinajstić information content (AvgIpc) is 2.70. The maximum Gasteiger partial charge on any atom is 0.276 e. The molecule has 0 aliphatic heterocycles. The van der Waals surface area contributed by atoms with Crippen molar-refractivity contribution in [3.63, 3.8) is 0 Å². The van der Waals surface area contributed by atoms with Gasteiger partial charge < -0.3 is 20.1 Å². The molecule has 2 N–H and O–H groups in total. The van der Waals surface area contributed by atoms with E-state index < -0.39 is 0 Å². The molecular weight excluding hydrogens is 380 g/mol. The number of carbonyl (C=O) groups is 1. The Hall–Kier alpha value is -3.32. The van der Waals surface area contributed by atoms with Gasteiger partial charge in [0, 0.05) is 16.8 Å². The summed E-state index contributed by atoms with van der Waals surface area (Å²) in [5.41, 5.74) is 2.39. The SMILES string of the molecule is COc1ccc(OC)c(Nc2ccc(C(=O)Nc3ccc(Cl)cc3C)nn2)c1. The van der Waals surface area contributed by atoms with Crippen LogP contribution in [0.15, 0.2) is 48.5 Å². The monoisotopic (exact) mass is 398 g/mol. The van der Waals surface area contributed by atoms with Gasteiger partial charge in [-0.15, -0.1) is 10.2 Å². The number of halogens is 1. The predicted octanol–water partition coefficient (Wildman–Crippen LogP) is 4.45. The Balaban J connectivity index is 1.74. The van der Waals surface area contributed by atoms with Crippen LogP contribution in [-0.4, -0.2) is 30.3 Å². The summed E-state index contributed by atoms with van der Waals surface area (Å²) in [6.45, 7) is 1.86. The average molecular weight is 399 g/mol. The second kappa shape index (κ2) is 8.58. The molecule has 28 heavy (non-hydrogen) atoms. The number of anilines is 3. The minimum Gasteiger partial charge on any atom is -0.497 e. The molecule has 0 aliphatic rings. The van der Waals surface area contributed by atoms with Crippen molar-refractivity contribution in [3.8, 4) is 11.5 Å². The fourth-order valence-corrected chi connectivity index (χ4v) is 2.75. The molecule has 144 valence electrons. The molecule has 0 saturated carbocycles. The van der Waals surface area contributed by atoms with Crippen LogP contribution in [0.5, 0.6) is 11.5 Å². The number of methoxy groups -OCH3 is 2. The molecule has 1 heterocycles. The van der Waals surface area contributed by atoms with E-state index in [1.165, 1.54) is 0 Å². The molecule has 3 rings (SSSR count). The van der Waals surface area contributed by atoms with Crippen molar-refractivity contribution in [1.29, 1.82) is 0 Å². The van der Waals surface area contributed by atoms with Gasteiger partial charge in [-0.3, -0.25) is 4.79 Å². The summed E-state index contributed by atoms with van der Waals surface area (Å²) < 4.78 is 10.5. The quantitative estimate of drug-likeness (QED) is 0.638. The van der Waals surface area contributed by atoms with Crippen LogP contribution in [0.4, 0.5) is 17.2 Å². The highest BCUT2D eigenvalue weighted by Gasteiger charge is 2.12. The standard InChI is InChI=1S/C20H19ClN4O3/c1-12-10-13(21)4-6-15(12)23-20(26)16-7-9-19(25-24-16)22-17-11-14(27-2)5-8-18(17)28-3/h4-11H,1-3H3,(H,22,25)(H,23,26). The smallest absolute Gasteiger partial charge is 0.276 e. The minimum atomic E-state index is -0.358. The number of ether oxygens (including phenoxy) is 2. The first kappa shape index (κ1) is 19.4. The summed E-state index contributed by atoms with van der Waals surface area (Å²) in [6, 6.07) is 13.8. The molecule has 0 bridgehead atoms. The van der Waals surface area contributed by atoms with Crippen LogP contribution in [0.25, 0.3) is 0 Å². The Bertz CT molecular complexity index is 993. The van der Waals surface area contributed by atoms with Crippen LogP contribution < -0.4 is 20.1 Å². The van der Waals surface area contributed by atoms with Gasteiger partial charge in [-0.1, -0.05) is 11.6 Å². The van der Waals surface area contributed by atoms with Gasteiger partial charge in [0.1, 0.15) is 11.5 Å². The first-order valence-corrected chi connectivity index (χ1v) is 8.78. The lowest BCUT2D eigenvalue weighted by Crippen LogP contribution is -2.15. The highest BCUT2D eigenvalue weighted by molar-refractivity contribution is 6.30. The van der Waals surface area contributed by atoms with Gasteiger partial charge in [-0.2, -0.15) is 0 Å². The summed E-state index contributed by atoms with van der Waals surface area (Å²) in [7, 11) is 3.16. The fraction of sp³-hybridized carbons (Fsp3) is 0.150. The van der Waals surface area contributed by atoms with Crippen molar-refractivity contribution in [3.05, 3.63) is 64.8 Å². The Kier molecular flexibility index (Phi) is 5.96. The zero-order chi connectivity index (χ0) is 20.1. The van der Waals surface area contributed by atoms with Gasteiger partial charge in [-0.05, 0) is 55.0 Å². The largest absolute Gasteiger partial charge is 0.497 e. The minimum absolute atomic E-state index is 0.192. The molecular formula is C20H19ClN4O3. The lowest BCUT2D eigenvalue weighted by Gasteiger charge is -2.12. The fourth-order valence-electron chi connectivity index (χ4n) is 2.52. The van der Waals surface area contributed by atoms with Gasteiger partial charge in [0.2, 0.25) is 0 Å². The molecule has 3 aromatic rings.